The topological polar surface area (TPSA) is 141 Å². The van der Waals surface area contributed by atoms with E-state index in [1.54, 1.807) is 36.4 Å². The van der Waals surface area contributed by atoms with Crippen molar-refractivity contribution in [3.63, 3.8) is 0 Å². The minimum absolute atomic E-state index is 0.0334. The Bertz CT molecular complexity index is 2060. The number of halogens is 2. The Hall–Kier alpha value is -5.35. The predicted octanol–water partition coefficient (Wildman–Crippen LogP) is 8.68. The number of nitrogens with zero attached hydrogens (tertiary/aromatic N) is 4. The summed E-state index contributed by atoms with van der Waals surface area (Å²) < 4.78 is 12.4. The fourth-order valence-corrected chi connectivity index (χ4v) is 6.16. The summed E-state index contributed by atoms with van der Waals surface area (Å²) in [5.41, 5.74) is 18.9. The van der Waals surface area contributed by atoms with Crippen LogP contribution in [-0.2, 0) is 22.5 Å². The number of aliphatic hydroxyl groups excluding tert-OH is 1. The number of nitrogens with one attached hydrogen (secondary N) is 2. The minimum atomic E-state index is -1.56. The number of hydrogen-bond acceptors (Lipinski definition) is 7. The van der Waals surface area contributed by atoms with Gasteiger partial charge in [0.15, 0.2) is 11.6 Å². The van der Waals surface area contributed by atoms with Gasteiger partial charge in [-0.3, -0.25) is 10.2 Å². The van der Waals surface area contributed by atoms with Gasteiger partial charge in [-0.05, 0) is 69.7 Å². The lowest BCUT2D eigenvalue weighted by molar-refractivity contribution is -0.130. The molecule has 10 nitrogen and oxygen atoms in total. The summed E-state index contributed by atoms with van der Waals surface area (Å²) in [6, 6.07) is 37.4. The quantitative estimate of drug-likeness (QED) is 0.0346. The first-order chi connectivity index (χ1) is 24.9. The molecular formula is C39H34Cl2N6O4. The van der Waals surface area contributed by atoms with Crippen LogP contribution in [0.25, 0.3) is 21.6 Å². The largest absolute Gasteiger partial charge is 0.494 e. The number of carbonyl (C=O) groups excluding carboxylic acids is 1. The van der Waals surface area contributed by atoms with Crippen LogP contribution < -0.4 is 15.6 Å². The highest BCUT2D eigenvalue weighted by molar-refractivity contribution is 6.42. The number of amides is 1. The van der Waals surface area contributed by atoms with E-state index in [2.05, 4.69) is 20.9 Å². The number of aliphatic imine (C=N–C) groups is 1. The van der Waals surface area contributed by atoms with E-state index in [1.165, 1.54) is 0 Å². The van der Waals surface area contributed by atoms with Crippen LogP contribution in [0.15, 0.2) is 131 Å². The van der Waals surface area contributed by atoms with Crippen LogP contribution in [0.4, 0.5) is 5.69 Å². The first-order valence-electron chi connectivity index (χ1n) is 16.3. The van der Waals surface area contributed by atoms with Crippen LogP contribution in [0.3, 0.4) is 0 Å². The zero-order valence-electron chi connectivity index (χ0n) is 27.4. The summed E-state index contributed by atoms with van der Waals surface area (Å²) in [6.45, 7) is 0.656. The fraction of sp³-hybridized carbons (Fsp3) is 0.179. The van der Waals surface area contributed by atoms with Crippen molar-refractivity contribution in [1.29, 1.82) is 0 Å². The van der Waals surface area contributed by atoms with Crippen molar-refractivity contribution in [2.24, 2.45) is 10.1 Å². The molecule has 5 aromatic carbocycles. The predicted molar refractivity (Wildman–Crippen MR) is 199 cm³/mol. The third-order valence-electron chi connectivity index (χ3n) is 8.43. The Kier molecular flexibility index (Phi) is 11.5. The van der Waals surface area contributed by atoms with E-state index in [4.69, 9.17) is 42.8 Å². The van der Waals surface area contributed by atoms with Crippen LogP contribution in [0.5, 0.6) is 5.75 Å². The average Bonchev–Trinajstić information content (AvgIpc) is 3.55. The fourth-order valence-electron chi connectivity index (χ4n) is 5.84. The zero-order valence-corrected chi connectivity index (χ0v) is 28.9. The zero-order chi connectivity index (χ0) is 35.6. The molecule has 1 amide bonds. The molecule has 258 valence electrons. The monoisotopic (exact) mass is 720 g/mol. The Balaban J connectivity index is 1.41. The second kappa shape index (κ2) is 16.6. The molecule has 6 rings (SSSR count). The molecule has 1 aliphatic rings. The lowest BCUT2D eigenvalue weighted by atomic mass is 9.81. The standard InChI is InChI=1S/C39H34Cl2N6O4/c40-33-20-11-26(23-34(33)41)25-43-46-38(49)39(24-31-9-4-5-10-35(31)45-47-42)36(29-14-12-28(13-15-29)27-7-2-1-3-8-27)51-37(44-39)30-16-18-32(19-17-30)50-22-6-21-48/h1-5,7-20,23,36,43,48H,6,21-22,24-25H2,(H,46,49)/t36-,39-/m0/s1. The number of carbonyl (C=O) groups is 1. The normalized spacial score (nSPS) is 16.5. The molecule has 0 aromatic heterocycles. The van der Waals surface area contributed by atoms with Crippen molar-refractivity contribution in [3.05, 3.63) is 164 Å². The molecule has 0 spiro atoms. The van der Waals surface area contributed by atoms with E-state index in [1.807, 2.05) is 84.9 Å². The van der Waals surface area contributed by atoms with Gasteiger partial charge in [0.25, 0.3) is 5.91 Å². The van der Waals surface area contributed by atoms with E-state index >= 15 is 0 Å². The molecule has 0 saturated heterocycles. The highest BCUT2D eigenvalue weighted by Crippen LogP contribution is 2.44. The summed E-state index contributed by atoms with van der Waals surface area (Å²) in [5, 5.41) is 13.9. The van der Waals surface area contributed by atoms with Gasteiger partial charge in [0.05, 0.1) is 16.7 Å². The number of azide groups is 1. The summed E-state index contributed by atoms with van der Waals surface area (Å²) in [4.78, 5) is 22.7. The van der Waals surface area contributed by atoms with Gasteiger partial charge in [0, 0.05) is 42.2 Å². The van der Waals surface area contributed by atoms with Gasteiger partial charge < -0.3 is 14.6 Å². The highest BCUT2D eigenvalue weighted by Gasteiger charge is 2.53. The molecule has 0 saturated carbocycles. The number of aliphatic hydroxyl groups is 1. The minimum Gasteiger partial charge on any atom is -0.494 e. The first-order valence-corrected chi connectivity index (χ1v) is 17.0. The van der Waals surface area contributed by atoms with Gasteiger partial charge in [-0.25, -0.2) is 10.4 Å². The Morgan fingerprint density at radius 1 is 0.902 bits per heavy atom. The smallest absolute Gasteiger partial charge is 0.266 e. The molecule has 0 unspecified atom stereocenters. The van der Waals surface area contributed by atoms with Crippen LogP contribution in [0.1, 0.15) is 34.8 Å². The SMILES string of the molecule is [N-]=[N+]=Nc1ccccc1C[C@]1(C(=O)NNCc2ccc(Cl)c(Cl)c2)N=C(c2ccc(OCCCO)cc2)O[C@H]1c1ccc(-c2ccccc2)cc1. The second-order valence-electron chi connectivity index (χ2n) is 11.8. The molecule has 12 heteroatoms. The summed E-state index contributed by atoms with van der Waals surface area (Å²) in [7, 11) is 0. The van der Waals surface area contributed by atoms with E-state index in [9.17, 15) is 10.3 Å². The van der Waals surface area contributed by atoms with E-state index in [0.717, 1.165) is 22.3 Å². The van der Waals surface area contributed by atoms with Gasteiger partial charge >= 0.3 is 0 Å². The average molecular weight is 722 g/mol. The number of hydrazine groups is 1. The third kappa shape index (κ3) is 8.35. The summed E-state index contributed by atoms with van der Waals surface area (Å²) >= 11 is 12.3. The Labute approximate surface area is 305 Å². The van der Waals surface area contributed by atoms with Gasteiger partial charge in [-0.2, -0.15) is 0 Å². The molecular weight excluding hydrogens is 687 g/mol. The first kappa shape index (κ1) is 35.5. The van der Waals surface area contributed by atoms with E-state index < -0.39 is 17.6 Å². The molecule has 0 radical (unpaired) electrons. The number of hydrogen-bond donors (Lipinski definition) is 3. The Morgan fingerprint density at radius 3 is 2.33 bits per heavy atom. The summed E-state index contributed by atoms with van der Waals surface area (Å²) in [5.74, 6) is 0.419. The van der Waals surface area contributed by atoms with Crippen molar-refractivity contribution in [2.45, 2.75) is 31.0 Å². The highest BCUT2D eigenvalue weighted by atomic mass is 35.5. The molecule has 0 aliphatic carbocycles. The molecule has 5 aromatic rings. The molecule has 51 heavy (non-hydrogen) atoms. The molecule has 1 aliphatic heterocycles. The van der Waals surface area contributed by atoms with Crippen LogP contribution >= 0.6 is 23.2 Å². The maximum atomic E-state index is 14.7. The van der Waals surface area contributed by atoms with E-state index in [0.29, 0.717) is 45.6 Å². The third-order valence-corrected chi connectivity index (χ3v) is 9.17. The van der Waals surface area contributed by atoms with Gasteiger partial charge in [-0.15, -0.1) is 0 Å². The van der Waals surface area contributed by atoms with Crippen molar-refractivity contribution in [2.75, 3.05) is 13.2 Å². The molecule has 0 fully saturated rings. The van der Waals surface area contributed by atoms with Crippen LogP contribution in [-0.4, -0.2) is 35.7 Å². The maximum Gasteiger partial charge on any atom is 0.266 e. The van der Waals surface area contributed by atoms with Crippen LogP contribution in [0, 0.1) is 0 Å². The van der Waals surface area contributed by atoms with Crippen LogP contribution in [0.2, 0.25) is 10.0 Å². The van der Waals surface area contributed by atoms with Gasteiger partial charge in [0.1, 0.15) is 5.75 Å². The lowest BCUT2D eigenvalue weighted by Crippen LogP contribution is -2.53. The van der Waals surface area contributed by atoms with Crippen molar-refractivity contribution in [1.82, 2.24) is 10.9 Å². The number of ether oxygens (including phenoxy) is 2. The van der Waals surface area contributed by atoms with Crippen molar-refractivity contribution in [3.8, 4) is 16.9 Å². The molecule has 3 N–H and O–H groups in total. The van der Waals surface area contributed by atoms with Crippen molar-refractivity contribution < 1.29 is 19.4 Å². The van der Waals surface area contributed by atoms with E-state index in [-0.39, 0.29) is 25.5 Å². The lowest BCUT2D eigenvalue weighted by Gasteiger charge is -2.31. The molecule has 0 bridgehead atoms. The Morgan fingerprint density at radius 2 is 1.61 bits per heavy atom. The summed E-state index contributed by atoms with van der Waals surface area (Å²) in [6.07, 6.45) is -0.334. The second-order valence-corrected chi connectivity index (χ2v) is 12.6. The molecule has 1 heterocycles. The number of rotatable bonds is 14. The maximum absolute atomic E-state index is 14.7. The van der Waals surface area contributed by atoms with Crippen molar-refractivity contribution >= 4 is 40.7 Å². The van der Waals surface area contributed by atoms with Gasteiger partial charge in [-0.1, -0.05) is 113 Å². The number of benzene rings is 5. The molecule has 2 atom stereocenters. The van der Waals surface area contributed by atoms with Gasteiger partial charge in [0.2, 0.25) is 5.90 Å².